The number of amides is 1. The van der Waals surface area contributed by atoms with Gasteiger partial charge in [-0.05, 0) is 30.3 Å². The van der Waals surface area contributed by atoms with Crippen LogP contribution in [0.5, 0.6) is 0 Å². The van der Waals surface area contributed by atoms with E-state index in [0.29, 0.717) is 16.6 Å². The van der Waals surface area contributed by atoms with Gasteiger partial charge in [0, 0.05) is 31.7 Å². The molecular weight excluding hydrogens is 421 g/mol. The van der Waals surface area contributed by atoms with E-state index in [-0.39, 0.29) is 32.1 Å². The number of carbonyl (C=O) groups is 1. The van der Waals surface area contributed by atoms with Gasteiger partial charge in [0.1, 0.15) is 0 Å². The summed E-state index contributed by atoms with van der Waals surface area (Å²) in [5.41, 5.74) is 0.637. The zero-order chi connectivity index (χ0) is 21.5. The fraction of sp³-hybridized carbons (Fsp3) is 0.263. The van der Waals surface area contributed by atoms with Crippen LogP contribution in [0.2, 0.25) is 0 Å². The van der Waals surface area contributed by atoms with Crippen molar-refractivity contribution in [2.75, 3.05) is 26.2 Å². The summed E-state index contributed by atoms with van der Waals surface area (Å²) in [4.78, 5) is 20.5. The minimum absolute atomic E-state index is 0.0766. The van der Waals surface area contributed by atoms with Crippen LogP contribution in [-0.2, 0) is 16.2 Å². The van der Waals surface area contributed by atoms with Crippen molar-refractivity contribution >= 4 is 27.0 Å². The van der Waals surface area contributed by atoms with Crippen molar-refractivity contribution in [1.82, 2.24) is 19.2 Å². The largest absolute Gasteiger partial charge is 0.417 e. The topological polar surface area (TPSA) is 86.4 Å². The molecule has 1 saturated heterocycles. The Morgan fingerprint density at radius 3 is 2.43 bits per heavy atom. The van der Waals surface area contributed by atoms with Gasteiger partial charge in [-0.1, -0.05) is 12.1 Å². The van der Waals surface area contributed by atoms with E-state index < -0.39 is 26.7 Å². The molecule has 0 unspecified atom stereocenters. The molecule has 3 aromatic rings. The SMILES string of the molecule is O=C(c1ccc2nc[nH]c2c1)N1CCN(S(=O)(=O)c2ccccc2C(F)(F)F)CC1. The molecule has 0 spiro atoms. The fourth-order valence-corrected chi connectivity index (χ4v) is 5.08. The molecule has 4 rings (SSSR count). The van der Waals surface area contributed by atoms with Gasteiger partial charge in [-0.25, -0.2) is 13.4 Å². The van der Waals surface area contributed by atoms with Crippen molar-refractivity contribution < 1.29 is 26.4 Å². The maximum Gasteiger partial charge on any atom is 0.417 e. The minimum Gasteiger partial charge on any atom is -0.345 e. The third-order valence-corrected chi connectivity index (χ3v) is 6.96. The van der Waals surface area contributed by atoms with E-state index in [0.717, 1.165) is 22.5 Å². The molecule has 11 heteroatoms. The third-order valence-electron chi connectivity index (χ3n) is 5.00. The zero-order valence-electron chi connectivity index (χ0n) is 15.6. The molecule has 1 aliphatic rings. The van der Waals surface area contributed by atoms with Crippen LogP contribution in [-0.4, -0.2) is 59.7 Å². The highest BCUT2D eigenvalue weighted by Crippen LogP contribution is 2.35. The monoisotopic (exact) mass is 438 g/mol. The lowest BCUT2D eigenvalue weighted by Gasteiger charge is -2.34. The molecule has 1 aliphatic heterocycles. The van der Waals surface area contributed by atoms with Gasteiger partial charge in [0.05, 0.1) is 27.8 Å². The second-order valence-corrected chi connectivity index (χ2v) is 8.73. The second kappa shape index (κ2) is 7.40. The number of sulfonamides is 1. The molecule has 2 aromatic carbocycles. The van der Waals surface area contributed by atoms with Crippen LogP contribution in [0.1, 0.15) is 15.9 Å². The quantitative estimate of drug-likeness (QED) is 0.681. The maximum absolute atomic E-state index is 13.2. The van der Waals surface area contributed by atoms with E-state index in [1.54, 1.807) is 18.2 Å². The lowest BCUT2D eigenvalue weighted by Crippen LogP contribution is -2.50. The molecule has 158 valence electrons. The Balaban J connectivity index is 1.51. The number of halogens is 3. The highest BCUT2D eigenvalue weighted by molar-refractivity contribution is 7.89. The number of alkyl halides is 3. The van der Waals surface area contributed by atoms with Gasteiger partial charge in [0.15, 0.2) is 0 Å². The lowest BCUT2D eigenvalue weighted by molar-refractivity contribution is -0.139. The molecule has 1 fully saturated rings. The average Bonchev–Trinajstić information content (AvgIpc) is 3.20. The van der Waals surface area contributed by atoms with Gasteiger partial charge in [0.2, 0.25) is 10.0 Å². The van der Waals surface area contributed by atoms with Crippen molar-refractivity contribution in [2.24, 2.45) is 0 Å². The summed E-state index contributed by atoms with van der Waals surface area (Å²) in [6, 6.07) is 9.10. The van der Waals surface area contributed by atoms with Crippen LogP contribution < -0.4 is 0 Å². The number of nitrogens with one attached hydrogen (secondary N) is 1. The van der Waals surface area contributed by atoms with E-state index in [2.05, 4.69) is 9.97 Å². The van der Waals surface area contributed by atoms with Gasteiger partial charge in [-0.3, -0.25) is 4.79 Å². The molecule has 1 N–H and O–H groups in total. The second-order valence-electron chi connectivity index (χ2n) is 6.82. The number of aromatic amines is 1. The van der Waals surface area contributed by atoms with Crippen molar-refractivity contribution in [3.8, 4) is 0 Å². The molecule has 0 radical (unpaired) electrons. The predicted octanol–water partition coefficient (Wildman–Crippen LogP) is 2.73. The van der Waals surface area contributed by atoms with E-state index >= 15 is 0 Å². The first kappa shape index (κ1) is 20.4. The predicted molar refractivity (Wildman–Crippen MR) is 102 cm³/mol. The van der Waals surface area contributed by atoms with Crippen LogP contribution in [0.25, 0.3) is 11.0 Å². The summed E-state index contributed by atoms with van der Waals surface area (Å²) in [5.74, 6) is -0.278. The van der Waals surface area contributed by atoms with E-state index in [1.807, 2.05) is 0 Å². The summed E-state index contributed by atoms with van der Waals surface area (Å²) < 4.78 is 66.4. The Morgan fingerprint density at radius 2 is 1.73 bits per heavy atom. The maximum atomic E-state index is 13.2. The summed E-state index contributed by atoms with van der Waals surface area (Å²) in [7, 11) is -4.35. The van der Waals surface area contributed by atoms with E-state index in [9.17, 15) is 26.4 Å². The van der Waals surface area contributed by atoms with Crippen LogP contribution in [0.4, 0.5) is 13.2 Å². The highest BCUT2D eigenvalue weighted by atomic mass is 32.2. The van der Waals surface area contributed by atoms with Crippen LogP contribution >= 0.6 is 0 Å². The summed E-state index contributed by atoms with van der Waals surface area (Å²) >= 11 is 0. The number of benzene rings is 2. The smallest absolute Gasteiger partial charge is 0.345 e. The van der Waals surface area contributed by atoms with Crippen molar-refractivity contribution in [3.63, 3.8) is 0 Å². The van der Waals surface area contributed by atoms with Crippen molar-refractivity contribution in [1.29, 1.82) is 0 Å². The van der Waals surface area contributed by atoms with E-state index in [4.69, 9.17) is 0 Å². The number of H-pyrrole nitrogens is 1. The number of piperazine rings is 1. The Bertz CT molecular complexity index is 1200. The molecular formula is C19H17F3N4O3S. The molecule has 0 bridgehead atoms. The first-order chi connectivity index (χ1) is 14.2. The summed E-state index contributed by atoms with van der Waals surface area (Å²) in [5, 5.41) is 0. The minimum atomic E-state index is -4.78. The Labute approximate surface area is 170 Å². The molecule has 0 aliphatic carbocycles. The van der Waals surface area contributed by atoms with Gasteiger partial charge in [-0.2, -0.15) is 17.5 Å². The zero-order valence-corrected chi connectivity index (χ0v) is 16.4. The molecule has 2 heterocycles. The van der Waals surface area contributed by atoms with Crippen LogP contribution in [0.3, 0.4) is 0 Å². The van der Waals surface area contributed by atoms with E-state index in [1.165, 1.54) is 17.3 Å². The number of imidazole rings is 1. The lowest BCUT2D eigenvalue weighted by atomic mass is 10.1. The third kappa shape index (κ3) is 3.65. The Morgan fingerprint density at radius 1 is 1.03 bits per heavy atom. The Kier molecular flexibility index (Phi) is 5.02. The molecule has 1 aromatic heterocycles. The number of hydrogen-bond acceptors (Lipinski definition) is 4. The normalized spacial score (nSPS) is 16.2. The van der Waals surface area contributed by atoms with Crippen LogP contribution in [0, 0.1) is 0 Å². The number of hydrogen-bond donors (Lipinski definition) is 1. The van der Waals surface area contributed by atoms with Crippen LogP contribution in [0.15, 0.2) is 53.7 Å². The molecule has 7 nitrogen and oxygen atoms in total. The first-order valence-electron chi connectivity index (χ1n) is 9.07. The number of nitrogens with zero attached hydrogens (tertiary/aromatic N) is 3. The fourth-order valence-electron chi connectivity index (χ4n) is 3.45. The number of rotatable bonds is 3. The highest BCUT2D eigenvalue weighted by Gasteiger charge is 2.39. The Hall–Kier alpha value is -2.92. The average molecular weight is 438 g/mol. The van der Waals surface area contributed by atoms with Crippen molar-refractivity contribution in [2.45, 2.75) is 11.1 Å². The first-order valence-corrected chi connectivity index (χ1v) is 10.5. The summed E-state index contributed by atoms with van der Waals surface area (Å²) in [6.45, 7) is -0.0281. The van der Waals surface area contributed by atoms with Gasteiger partial charge in [-0.15, -0.1) is 0 Å². The van der Waals surface area contributed by atoms with Gasteiger partial charge in [0.25, 0.3) is 5.91 Å². The molecule has 30 heavy (non-hydrogen) atoms. The number of aromatic nitrogens is 2. The van der Waals surface area contributed by atoms with Gasteiger partial charge < -0.3 is 9.88 Å². The molecule has 1 amide bonds. The summed E-state index contributed by atoms with van der Waals surface area (Å²) in [6.07, 6.45) is -3.27. The van der Waals surface area contributed by atoms with Crippen molar-refractivity contribution in [3.05, 3.63) is 59.9 Å². The van der Waals surface area contributed by atoms with Gasteiger partial charge >= 0.3 is 6.18 Å². The number of carbonyl (C=O) groups excluding carboxylic acids is 1. The standard InChI is InChI=1S/C19H17F3N4O3S/c20-19(21,22)14-3-1-2-4-17(14)30(28,29)26-9-7-25(8-10-26)18(27)13-5-6-15-16(11-13)24-12-23-15/h1-6,11-12H,7-10H2,(H,23,24). The number of fused-ring (bicyclic) bond motifs is 1. The molecule has 0 saturated carbocycles. The molecule has 0 atom stereocenters.